The van der Waals surface area contributed by atoms with E-state index >= 15 is 0 Å². The fraction of sp³-hybridized carbons (Fsp3) is 0.419. The van der Waals surface area contributed by atoms with Crippen molar-refractivity contribution in [2.45, 2.75) is 32.7 Å². The zero-order valence-corrected chi connectivity index (χ0v) is 22.5. The molecule has 0 radical (unpaired) electrons. The maximum atomic E-state index is 13.3. The molecule has 7 nitrogen and oxygen atoms in total. The Morgan fingerprint density at radius 3 is 2.33 bits per heavy atom. The number of nitrogens with one attached hydrogen (secondary N) is 1. The number of benzene rings is 2. The normalized spacial score (nSPS) is 22.1. The maximum absolute atomic E-state index is 13.3. The summed E-state index contributed by atoms with van der Waals surface area (Å²) in [4.78, 5) is 46.8. The molecule has 2 saturated heterocycles. The van der Waals surface area contributed by atoms with Gasteiger partial charge in [-0.05, 0) is 55.4 Å². The lowest BCUT2D eigenvalue weighted by Gasteiger charge is -2.26. The molecule has 0 aliphatic carbocycles. The number of hydrogen-bond donors (Lipinski definition) is 1. The molecule has 3 heterocycles. The molecule has 3 aliphatic heterocycles. The molecule has 0 saturated carbocycles. The molecule has 2 aromatic carbocycles. The lowest BCUT2D eigenvalue weighted by molar-refractivity contribution is -0.126. The summed E-state index contributed by atoms with van der Waals surface area (Å²) in [6, 6.07) is 15.9. The predicted molar refractivity (Wildman–Crippen MR) is 148 cm³/mol. The van der Waals surface area contributed by atoms with Gasteiger partial charge in [0.2, 0.25) is 5.91 Å². The zero-order valence-electron chi connectivity index (χ0n) is 22.5. The van der Waals surface area contributed by atoms with Gasteiger partial charge in [0.1, 0.15) is 12.4 Å². The fourth-order valence-electron chi connectivity index (χ4n) is 6.06. The first kappa shape index (κ1) is 26.9. The Balaban J connectivity index is 1.16. The number of carbonyl (C=O) groups is 3. The summed E-state index contributed by atoms with van der Waals surface area (Å²) in [5.41, 5.74) is 3.50. The van der Waals surface area contributed by atoms with Crippen LogP contribution in [0.2, 0.25) is 0 Å². The number of dihydropyridines is 1. The second kappa shape index (κ2) is 11.6. The molecule has 1 N–H and O–H groups in total. The molecule has 204 valence electrons. The number of rotatable bonds is 8. The van der Waals surface area contributed by atoms with Crippen molar-refractivity contribution >= 4 is 23.3 Å². The molecular weight excluding hydrogens is 495 g/mol. The highest BCUT2D eigenvalue weighted by atomic mass is 19.1. The third kappa shape index (κ3) is 6.17. The Labute approximate surface area is 228 Å². The van der Waals surface area contributed by atoms with Crippen molar-refractivity contribution in [1.29, 1.82) is 0 Å². The number of fused-ring (bicyclic) bond motifs is 1. The highest BCUT2D eigenvalue weighted by molar-refractivity contribution is 6.27. The van der Waals surface area contributed by atoms with Crippen molar-refractivity contribution < 1.29 is 18.8 Å². The van der Waals surface area contributed by atoms with Gasteiger partial charge in [-0.1, -0.05) is 42.5 Å². The predicted octanol–water partition coefficient (Wildman–Crippen LogP) is 3.37. The topological polar surface area (TPSA) is 82.1 Å². The van der Waals surface area contributed by atoms with Crippen LogP contribution in [-0.2, 0) is 20.8 Å². The molecule has 2 aromatic rings. The number of Topliss-reactive ketones (excluding diaryl/α,β-unsaturated/α-hetero) is 1. The zero-order chi connectivity index (χ0) is 27.5. The van der Waals surface area contributed by atoms with Crippen molar-refractivity contribution in [2.75, 3.05) is 39.3 Å². The number of likely N-dealkylation sites (tertiary alicyclic amines) is 2. The molecule has 0 bridgehead atoms. The summed E-state index contributed by atoms with van der Waals surface area (Å²) in [5.74, 6) is 0.240. The van der Waals surface area contributed by atoms with Gasteiger partial charge >= 0.3 is 0 Å². The second-order valence-electron chi connectivity index (χ2n) is 10.9. The van der Waals surface area contributed by atoms with Crippen molar-refractivity contribution in [3.63, 3.8) is 0 Å². The van der Waals surface area contributed by atoms with Gasteiger partial charge in [-0.15, -0.1) is 0 Å². The van der Waals surface area contributed by atoms with E-state index in [2.05, 4.69) is 15.2 Å². The van der Waals surface area contributed by atoms with Crippen LogP contribution in [0.3, 0.4) is 0 Å². The van der Waals surface area contributed by atoms with Crippen LogP contribution in [0.25, 0.3) is 0 Å². The van der Waals surface area contributed by atoms with Crippen molar-refractivity contribution in [3.8, 4) is 0 Å². The Morgan fingerprint density at radius 1 is 1.00 bits per heavy atom. The summed E-state index contributed by atoms with van der Waals surface area (Å²) in [5, 5.41) is 3.18. The van der Waals surface area contributed by atoms with Crippen molar-refractivity contribution in [2.24, 2.45) is 16.8 Å². The lowest BCUT2D eigenvalue weighted by atomic mass is 9.98. The van der Waals surface area contributed by atoms with Crippen molar-refractivity contribution in [3.05, 3.63) is 82.7 Å². The van der Waals surface area contributed by atoms with Crippen molar-refractivity contribution in [1.82, 2.24) is 15.1 Å². The molecule has 0 spiro atoms. The van der Waals surface area contributed by atoms with E-state index in [0.717, 1.165) is 37.2 Å². The quantitative estimate of drug-likeness (QED) is 0.568. The summed E-state index contributed by atoms with van der Waals surface area (Å²) >= 11 is 0. The number of ketones is 1. The minimum absolute atomic E-state index is 0.0734. The van der Waals surface area contributed by atoms with Gasteiger partial charge in [-0.25, -0.2) is 4.39 Å². The van der Waals surface area contributed by atoms with E-state index in [9.17, 15) is 18.8 Å². The van der Waals surface area contributed by atoms with Crippen LogP contribution in [0.4, 0.5) is 4.39 Å². The molecule has 2 unspecified atom stereocenters. The number of amides is 2. The van der Waals surface area contributed by atoms with E-state index < -0.39 is 0 Å². The first-order valence-electron chi connectivity index (χ1n) is 13.6. The Morgan fingerprint density at radius 2 is 1.67 bits per heavy atom. The number of nitrogens with zero attached hydrogens (tertiary/aromatic N) is 3. The number of halogens is 1. The number of hydrogen-bond acceptors (Lipinski definition) is 5. The van der Waals surface area contributed by atoms with Gasteiger partial charge < -0.3 is 15.1 Å². The SMILES string of the molecule is CC1=NCC(=O)C(C)=C1C(=O)N1CC2CN(CCC(NC(=O)Cc3ccc(F)cc3)c3ccccc3)C[C@H]2C1. The molecule has 3 atom stereocenters. The van der Waals surface area contributed by atoms with Gasteiger partial charge in [0.05, 0.1) is 18.0 Å². The molecular formula is C31H35FN4O3. The highest BCUT2D eigenvalue weighted by Crippen LogP contribution is 2.33. The summed E-state index contributed by atoms with van der Waals surface area (Å²) in [6.07, 6.45) is 0.970. The first-order valence-corrected chi connectivity index (χ1v) is 13.6. The van der Waals surface area contributed by atoms with Gasteiger partial charge in [0.15, 0.2) is 5.78 Å². The van der Waals surface area contributed by atoms with Crippen LogP contribution in [-0.4, -0.2) is 72.4 Å². The van der Waals surface area contributed by atoms with Gasteiger partial charge in [-0.2, -0.15) is 0 Å². The summed E-state index contributed by atoms with van der Waals surface area (Å²) < 4.78 is 13.2. The third-order valence-electron chi connectivity index (χ3n) is 8.23. The van der Waals surface area contributed by atoms with E-state index in [1.165, 1.54) is 12.1 Å². The minimum atomic E-state index is -0.315. The Kier molecular flexibility index (Phi) is 8.02. The molecule has 0 aromatic heterocycles. The molecule has 39 heavy (non-hydrogen) atoms. The minimum Gasteiger partial charge on any atom is -0.349 e. The van der Waals surface area contributed by atoms with Gasteiger partial charge in [0.25, 0.3) is 5.91 Å². The smallest absolute Gasteiger partial charge is 0.256 e. The number of carbonyl (C=O) groups excluding carboxylic acids is 3. The van der Waals surface area contributed by atoms with Crippen LogP contribution >= 0.6 is 0 Å². The monoisotopic (exact) mass is 530 g/mol. The molecule has 5 rings (SSSR count). The standard InChI is InChI=1S/C31H35FN4O3/c1-20-28(37)15-33-21(2)30(20)31(39)36-18-24-16-35(17-25(24)19-36)13-12-27(23-6-4-3-5-7-23)34-29(38)14-22-8-10-26(32)11-9-22/h3-11,24-25,27H,12-19H2,1-2H3,(H,34,38)/t24-,25?,27?/m0/s1. The van der Waals surface area contributed by atoms with Gasteiger partial charge in [0, 0.05) is 44.0 Å². The van der Waals surface area contributed by atoms with Gasteiger partial charge in [-0.3, -0.25) is 19.4 Å². The average molecular weight is 531 g/mol. The van der Waals surface area contributed by atoms with Crippen LogP contribution in [0.1, 0.15) is 37.4 Å². The third-order valence-corrected chi connectivity index (χ3v) is 8.23. The van der Waals surface area contributed by atoms with E-state index in [4.69, 9.17) is 0 Å². The maximum Gasteiger partial charge on any atom is 0.256 e. The molecule has 3 aliphatic rings. The lowest BCUT2D eigenvalue weighted by Crippen LogP contribution is -2.38. The molecule has 2 fully saturated rings. The molecule has 2 amide bonds. The van der Waals surface area contributed by atoms with E-state index in [0.29, 0.717) is 41.8 Å². The average Bonchev–Trinajstić information content (AvgIpc) is 3.50. The Bertz CT molecular complexity index is 1290. The van der Waals surface area contributed by atoms with Crippen LogP contribution in [0, 0.1) is 17.7 Å². The van der Waals surface area contributed by atoms with Crippen LogP contribution in [0.5, 0.6) is 0 Å². The highest BCUT2D eigenvalue weighted by Gasteiger charge is 2.42. The van der Waals surface area contributed by atoms with E-state index in [1.54, 1.807) is 19.1 Å². The Hall–Kier alpha value is -3.65. The second-order valence-corrected chi connectivity index (χ2v) is 10.9. The van der Waals surface area contributed by atoms with Crippen LogP contribution < -0.4 is 5.32 Å². The number of aliphatic imine (C=N–C) groups is 1. The summed E-state index contributed by atoms with van der Waals surface area (Å²) in [7, 11) is 0. The summed E-state index contributed by atoms with van der Waals surface area (Å²) in [6.45, 7) is 7.70. The first-order chi connectivity index (χ1) is 18.8. The van der Waals surface area contributed by atoms with E-state index in [-0.39, 0.29) is 42.4 Å². The molecule has 8 heteroatoms. The largest absolute Gasteiger partial charge is 0.349 e. The van der Waals surface area contributed by atoms with E-state index in [1.807, 2.05) is 42.2 Å². The fourth-order valence-corrected chi connectivity index (χ4v) is 6.06. The van der Waals surface area contributed by atoms with Crippen LogP contribution in [0.15, 0.2) is 70.7 Å².